The van der Waals surface area contributed by atoms with E-state index in [2.05, 4.69) is 17.1 Å². The van der Waals surface area contributed by atoms with Crippen LogP contribution >= 0.6 is 11.6 Å². The molecule has 1 N–H and O–H groups in total. The first-order chi connectivity index (χ1) is 8.20. The van der Waals surface area contributed by atoms with Crippen LogP contribution in [-0.2, 0) is 6.42 Å². The number of hydrogen-bond acceptors (Lipinski definition) is 4. The monoisotopic (exact) mass is 252 g/mol. The molecule has 0 radical (unpaired) electrons. The van der Waals surface area contributed by atoms with E-state index in [4.69, 9.17) is 16.1 Å². The van der Waals surface area contributed by atoms with Gasteiger partial charge in [-0.3, -0.25) is 0 Å². The second-order valence-electron chi connectivity index (χ2n) is 3.79. The summed E-state index contributed by atoms with van der Waals surface area (Å²) < 4.78 is 5.14. The van der Waals surface area contributed by atoms with Crippen LogP contribution in [-0.4, -0.2) is 15.2 Å². The summed E-state index contributed by atoms with van der Waals surface area (Å²) in [5.41, 5.74) is 0.711. The van der Waals surface area contributed by atoms with Crippen molar-refractivity contribution < 1.29 is 9.63 Å². The highest BCUT2D eigenvalue weighted by Gasteiger charge is 2.10. The summed E-state index contributed by atoms with van der Waals surface area (Å²) in [4.78, 5) is 4.27. The van der Waals surface area contributed by atoms with E-state index in [0.717, 1.165) is 19.3 Å². The number of phenolic OH excluding ortho intramolecular Hbond substituents is 1. The number of aromatic hydroxyl groups is 1. The summed E-state index contributed by atoms with van der Waals surface area (Å²) in [6.45, 7) is 2.11. The molecule has 17 heavy (non-hydrogen) atoms. The Morgan fingerprint density at radius 1 is 1.41 bits per heavy atom. The van der Waals surface area contributed by atoms with Crippen molar-refractivity contribution in [1.29, 1.82) is 0 Å². The first-order valence-corrected chi connectivity index (χ1v) is 5.90. The predicted molar refractivity (Wildman–Crippen MR) is 65.0 cm³/mol. The molecule has 0 aliphatic heterocycles. The number of aryl methyl sites for hydroxylation is 1. The minimum Gasteiger partial charge on any atom is -0.506 e. The molecule has 0 bridgehead atoms. The first kappa shape index (κ1) is 11.9. The maximum Gasteiger partial charge on any atom is 0.257 e. The quantitative estimate of drug-likeness (QED) is 0.906. The summed E-state index contributed by atoms with van der Waals surface area (Å²) in [6, 6.07) is 4.81. The molecule has 1 aromatic heterocycles. The highest BCUT2D eigenvalue weighted by molar-refractivity contribution is 6.32. The lowest BCUT2D eigenvalue weighted by Gasteiger charge is -1.97. The fourth-order valence-corrected chi connectivity index (χ4v) is 1.63. The minimum absolute atomic E-state index is 0.0427. The molecular weight excluding hydrogens is 240 g/mol. The average Bonchev–Trinajstić information content (AvgIpc) is 2.79. The van der Waals surface area contributed by atoms with Crippen LogP contribution in [0.15, 0.2) is 22.7 Å². The lowest BCUT2D eigenvalue weighted by Crippen LogP contribution is -1.87. The van der Waals surface area contributed by atoms with E-state index in [1.807, 2.05) is 0 Å². The Labute approximate surface area is 104 Å². The Hall–Kier alpha value is -1.55. The lowest BCUT2D eigenvalue weighted by molar-refractivity contribution is 0.421. The van der Waals surface area contributed by atoms with Crippen molar-refractivity contribution in [2.24, 2.45) is 0 Å². The van der Waals surface area contributed by atoms with Gasteiger partial charge in [-0.25, -0.2) is 0 Å². The van der Waals surface area contributed by atoms with E-state index in [9.17, 15) is 5.11 Å². The molecule has 0 spiro atoms. The maximum atomic E-state index is 9.31. The van der Waals surface area contributed by atoms with E-state index < -0.39 is 0 Å². The van der Waals surface area contributed by atoms with Gasteiger partial charge in [-0.05, 0) is 24.6 Å². The zero-order chi connectivity index (χ0) is 12.3. The van der Waals surface area contributed by atoms with Gasteiger partial charge < -0.3 is 9.63 Å². The number of benzene rings is 1. The number of aromatic nitrogens is 2. The van der Waals surface area contributed by atoms with Crippen molar-refractivity contribution in [2.45, 2.75) is 26.2 Å². The molecule has 2 rings (SSSR count). The average molecular weight is 253 g/mol. The number of nitrogens with zero attached hydrogens (tertiary/aromatic N) is 2. The molecule has 0 unspecified atom stereocenters. The van der Waals surface area contributed by atoms with Crippen LogP contribution in [0.3, 0.4) is 0 Å². The second-order valence-corrected chi connectivity index (χ2v) is 4.19. The molecular formula is C12H13ClN2O2. The Bertz CT molecular complexity index is 511. The number of rotatable bonds is 4. The number of unbranched alkanes of at least 4 members (excludes halogenated alkanes) is 1. The smallest absolute Gasteiger partial charge is 0.257 e. The molecule has 1 heterocycles. The predicted octanol–water partition coefficient (Wildman–Crippen LogP) is 3.44. The normalized spacial score (nSPS) is 10.7. The van der Waals surface area contributed by atoms with E-state index >= 15 is 0 Å². The molecule has 0 aliphatic rings. The fraction of sp³-hybridized carbons (Fsp3) is 0.333. The van der Waals surface area contributed by atoms with Crippen molar-refractivity contribution in [2.75, 3.05) is 0 Å². The number of halogens is 1. The Morgan fingerprint density at radius 2 is 2.24 bits per heavy atom. The number of phenols is 1. The third-order valence-corrected chi connectivity index (χ3v) is 2.72. The molecule has 1 aromatic carbocycles. The Morgan fingerprint density at radius 3 is 2.94 bits per heavy atom. The van der Waals surface area contributed by atoms with Crippen molar-refractivity contribution in [3.8, 4) is 17.2 Å². The third-order valence-electron chi connectivity index (χ3n) is 2.42. The largest absolute Gasteiger partial charge is 0.506 e. The zero-order valence-electron chi connectivity index (χ0n) is 9.48. The summed E-state index contributed by atoms with van der Waals surface area (Å²) >= 11 is 5.81. The fourth-order valence-electron chi connectivity index (χ4n) is 1.45. The molecule has 0 saturated carbocycles. The molecule has 5 heteroatoms. The molecule has 0 saturated heterocycles. The van der Waals surface area contributed by atoms with Gasteiger partial charge in [0.1, 0.15) is 5.75 Å². The van der Waals surface area contributed by atoms with Crippen LogP contribution in [0, 0.1) is 0 Å². The summed E-state index contributed by atoms with van der Waals surface area (Å²) in [5.74, 6) is 1.17. The molecule has 0 atom stereocenters. The van der Waals surface area contributed by atoms with Crippen molar-refractivity contribution >= 4 is 11.6 Å². The minimum atomic E-state index is 0.0427. The van der Waals surface area contributed by atoms with Crippen LogP contribution in [0.2, 0.25) is 5.02 Å². The summed E-state index contributed by atoms with van der Waals surface area (Å²) in [5, 5.41) is 13.5. The van der Waals surface area contributed by atoms with Crippen molar-refractivity contribution in [3.63, 3.8) is 0 Å². The summed E-state index contributed by atoms with van der Waals surface area (Å²) in [7, 11) is 0. The van der Waals surface area contributed by atoms with Crippen LogP contribution in [0.5, 0.6) is 5.75 Å². The summed E-state index contributed by atoms with van der Waals surface area (Å²) in [6.07, 6.45) is 2.94. The van der Waals surface area contributed by atoms with Gasteiger partial charge in [-0.15, -0.1) is 0 Å². The van der Waals surface area contributed by atoms with Crippen molar-refractivity contribution in [1.82, 2.24) is 10.1 Å². The van der Waals surface area contributed by atoms with Gasteiger partial charge >= 0.3 is 0 Å². The van der Waals surface area contributed by atoms with Gasteiger partial charge in [0.15, 0.2) is 5.82 Å². The highest BCUT2D eigenvalue weighted by Crippen LogP contribution is 2.28. The van der Waals surface area contributed by atoms with Crippen molar-refractivity contribution in [3.05, 3.63) is 29.0 Å². The van der Waals surface area contributed by atoms with Gasteiger partial charge in [0, 0.05) is 12.0 Å². The van der Waals surface area contributed by atoms with Gasteiger partial charge in [-0.1, -0.05) is 30.1 Å². The number of hydrogen-bond donors (Lipinski definition) is 1. The topological polar surface area (TPSA) is 59.2 Å². The maximum absolute atomic E-state index is 9.31. The van der Waals surface area contributed by atoms with Crippen LogP contribution in [0.1, 0.15) is 25.6 Å². The highest BCUT2D eigenvalue weighted by atomic mass is 35.5. The first-order valence-electron chi connectivity index (χ1n) is 5.52. The van der Waals surface area contributed by atoms with Gasteiger partial charge in [0.05, 0.1) is 5.02 Å². The van der Waals surface area contributed by atoms with E-state index in [0.29, 0.717) is 17.3 Å². The molecule has 4 nitrogen and oxygen atoms in total. The SMILES string of the molecule is CCCCc1noc(-c2ccc(O)c(Cl)c2)n1. The van der Waals surface area contributed by atoms with Crippen LogP contribution < -0.4 is 0 Å². The molecule has 0 amide bonds. The lowest BCUT2D eigenvalue weighted by atomic mass is 10.2. The van der Waals surface area contributed by atoms with Gasteiger partial charge in [0.2, 0.25) is 0 Å². The van der Waals surface area contributed by atoms with Gasteiger partial charge in [-0.2, -0.15) is 4.98 Å². The Balaban J connectivity index is 2.21. The molecule has 0 aliphatic carbocycles. The van der Waals surface area contributed by atoms with E-state index in [1.54, 1.807) is 12.1 Å². The van der Waals surface area contributed by atoms with Gasteiger partial charge in [0.25, 0.3) is 5.89 Å². The second kappa shape index (κ2) is 5.19. The zero-order valence-corrected chi connectivity index (χ0v) is 10.2. The van der Waals surface area contributed by atoms with Crippen LogP contribution in [0.4, 0.5) is 0 Å². The standard InChI is InChI=1S/C12H13ClN2O2/c1-2-3-4-11-14-12(17-15-11)8-5-6-10(16)9(13)7-8/h5-7,16H,2-4H2,1H3. The Kier molecular flexibility index (Phi) is 3.64. The van der Waals surface area contributed by atoms with Crippen LogP contribution in [0.25, 0.3) is 11.5 Å². The van der Waals surface area contributed by atoms with E-state index in [-0.39, 0.29) is 10.8 Å². The van der Waals surface area contributed by atoms with E-state index in [1.165, 1.54) is 6.07 Å². The third kappa shape index (κ3) is 2.77. The molecule has 2 aromatic rings. The molecule has 90 valence electrons. The molecule has 0 fully saturated rings.